The zero-order chi connectivity index (χ0) is 21.4. The first-order chi connectivity index (χ1) is 14.4. The lowest BCUT2D eigenvalue weighted by Crippen LogP contribution is -2.47. The molecule has 30 heavy (non-hydrogen) atoms. The van der Waals surface area contributed by atoms with Crippen molar-refractivity contribution in [3.05, 3.63) is 59.1 Å². The highest BCUT2D eigenvalue weighted by molar-refractivity contribution is 8.14. The van der Waals surface area contributed by atoms with Crippen LogP contribution in [-0.2, 0) is 9.59 Å². The molecule has 2 atom stereocenters. The summed E-state index contributed by atoms with van der Waals surface area (Å²) in [6, 6.07) is 14.3. The van der Waals surface area contributed by atoms with Crippen molar-refractivity contribution in [3.63, 3.8) is 0 Å². The smallest absolute Gasteiger partial charge is 0.271 e. The third-order valence-corrected chi connectivity index (χ3v) is 6.35. The number of nitrogens with zero attached hydrogens (tertiary/aromatic N) is 3. The average Bonchev–Trinajstić information content (AvgIpc) is 3.07. The van der Waals surface area contributed by atoms with Crippen molar-refractivity contribution in [2.24, 2.45) is 15.9 Å². The predicted molar refractivity (Wildman–Crippen MR) is 123 cm³/mol. The molecule has 0 aliphatic carbocycles. The Bertz CT molecular complexity index is 1080. The highest BCUT2D eigenvalue weighted by Crippen LogP contribution is 2.37. The van der Waals surface area contributed by atoms with E-state index in [0.29, 0.717) is 21.7 Å². The zero-order valence-corrected chi connectivity index (χ0v) is 18.4. The predicted octanol–water partition coefficient (Wildman–Crippen LogP) is 4.71. The van der Waals surface area contributed by atoms with E-state index in [-0.39, 0.29) is 17.7 Å². The van der Waals surface area contributed by atoms with Gasteiger partial charge >= 0.3 is 0 Å². The molecule has 0 saturated heterocycles. The van der Waals surface area contributed by atoms with Gasteiger partial charge in [-0.15, -0.1) is 0 Å². The second kappa shape index (κ2) is 8.24. The summed E-state index contributed by atoms with van der Waals surface area (Å²) in [7, 11) is 0. The quantitative estimate of drug-likeness (QED) is 0.746. The summed E-state index contributed by atoms with van der Waals surface area (Å²) in [4.78, 5) is 36.4. The number of benzene rings is 2. The molecule has 6 nitrogen and oxygen atoms in total. The first-order valence-corrected chi connectivity index (χ1v) is 10.9. The molecule has 2 aromatic rings. The number of halogens is 1. The highest BCUT2D eigenvalue weighted by atomic mass is 35.5. The number of rotatable bonds is 4. The second-order valence-electron chi connectivity index (χ2n) is 7.47. The van der Waals surface area contributed by atoms with Crippen LogP contribution < -0.4 is 5.32 Å². The van der Waals surface area contributed by atoms with Gasteiger partial charge in [-0.2, -0.15) is 4.99 Å². The molecule has 0 aromatic heterocycles. The summed E-state index contributed by atoms with van der Waals surface area (Å²) in [6.07, 6.45) is 0. The first-order valence-electron chi connectivity index (χ1n) is 9.68. The van der Waals surface area contributed by atoms with Gasteiger partial charge < -0.3 is 5.32 Å². The Labute approximate surface area is 184 Å². The van der Waals surface area contributed by atoms with Gasteiger partial charge in [-0.1, -0.05) is 61.5 Å². The van der Waals surface area contributed by atoms with Crippen LogP contribution in [0.1, 0.15) is 26.3 Å². The van der Waals surface area contributed by atoms with Crippen molar-refractivity contribution in [3.8, 4) is 0 Å². The van der Waals surface area contributed by atoms with Gasteiger partial charge in [-0.3, -0.25) is 14.5 Å². The van der Waals surface area contributed by atoms with E-state index in [9.17, 15) is 9.59 Å². The van der Waals surface area contributed by atoms with E-state index in [1.807, 2.05) is 55.1 Å². The molecular weight excluding hydrogens is 420 g/mol. The molecule has 0 spiro atoms. The summed E-state index contributed by atoms with van der Waals surface area (Å²) in [5, 5.41) is 3.47. The van der Waals surface area contributed by atoms with Crippen molar-refractivity contribution in [1.82, 2.24) is 4.90 Å². The van der Waals surface area contributed by atoms with E-state index >= 15 is 0 Å². The zero-order valence-electron chi connectivity index (χ0n) is 16.8. The molecule has 0 fully saturated rings. The van der Waals surface area contributed by atoms with Crippen LogP contribution in [0.25, 0.3) is 0 Å². The van der Waals surface area contributed by atoms with Crippen molar-refractivity contribution in [2.45, 2.75) is 32.1 Å². The molecule has 0 saturated carbocycles. The number of thioether (sulfide) groups is 1. The molecule has 154 valence electrons. The van der Waals surface area contributed by atoms with Gasteiger partial charge in [0.15, 0.2) is 5.17 Å². The van der Waals surface area contributed by atoms with E-state index in [1.165, 1.54) is 11.8 Å². The van der Waals surface area contributed by atoms with Crippen LogP contribution in [0.3, 0.4) is 0 Å². The number of hydrogen-bond acceptors (Lipinski definition) is 5. The van der Waals surface area contributed by atoms with Gasteiger partial charge in [-0.05, 0) is 37.1 Å². The monoisotopic (exact) mass is 440 g/mol. The maximum absolute atomic E-state index is 12.8. The summed E-state index contributed by atoms with van der Waals surface area (Å²) >= 11 is 7.46. The Morgan fingerprint density at radius 1 is 1.10 bits per heavy atom. The average molecular weight is 441 g/mol. The molecular formula is C22H21ClN4O2S. The Morgan fingerprint density at radius 3 is 2.53 bits per heavy atom. The fourth-order valence-electron chi connectivity index (χ4n) is 3.46. The normalized spacial score (nSPS) is 18.5. The largest absolute Gasteiger partial charge is 0.324 e. The first kappa shape index (κ1) is 20.6. The minimum atomic E-state index is -0.463. The van der Waals surface area contributed by atoms with Crippen LogP contribution in [0, 0.1) is 5.92 Å². The minimum absolute atomic E-state index is 0.0436. The number of carbonyl (C=O) groups excluding carboxylic acids is 2. The van der Waals surface area contributed by atoms with Gasteiger partial charge in [0.1, 0.15) is 11.9 Å². The molecule has 2 heterocycles. The molecule has 4 rings (SSSR count). The summed E-state index contributed by atoms with van der Waals surface area (Å²) in [6.45, 7) is 5.77. The van der Waals surface area contributed by atoms with Crippen LogP contribution in [0.15, 0.2) is 58.5 Å². The van der Waals surface area contributed by atoms with Crippen molar-refractivity contribution in [1.29, 1.82) is 0 Å². The van der Waals surface area contributed by atoms with Gasteiger partial charge in [0, 0.05) is 5.56 Å². The van der Waals surface area contributed by atoms with Crippen LogP contribution in [0.2, 0.25) is 5.02 Å². The number of hydrogen-bond donors (Lipinski definition) is 1. The molecule has 2 aliphatic heterocycles. The lowest BCUT2D eigenvalue weighted by molar-refractivity contribution is -0.120. The number of anilines is 1. The lowest BCUT2D eigenvalue weighted by atomic mass is 10.0. The molecule has 2 aliphatic rings. The van der Waals surface area contributed by atoms with E-state index in [4.69, 9.17) is 16.6 Å². The highest BCUT2D eigenvalue weighted by Gasteiger charge is 2.43. The Balaban J connectivity index is 1.63. The second-order valence-corrected chi connectivity index (χ2v) is 9.19. The SMILES string of the molecule is CC(SC1=Nc2ccccc2C2=NC(=O)C(C(C)C)N12)C(=O)Nc1ccccc1Cl. The van der Waals surface area contributed by atoms with Gasteiger partial charge in [-0.25, -0.2) is 4.99 Å². The molecule has 0 bridgehead atoms. The maximum atomic E-state index is 12.8. The molecule has 8 heteroatoms. The van der Waals surface area contributed by atoms with Crippen LogP contribution in [-0.4, -0.2) is 39.0 Å². The van der Waals surface area contributed by atoms with Gasteiger partial charge in [0.05, 0.1) is 21.6 Å². The number of amidine groups is 2. The topological polar surface area (TPSA) is 74.1 Å². The summed E-state index contributed by atoms with van der Waals surface area (Å²) in [5.41, 5.74) is 2.13. The van der Waals surface area contributed by atoms with Crippen molar-refractivity contribution < 1.29 is 9.59 Å². The Hall–Kier alpha value is -2.64. The molecule has 2 amide bonds. The minimum Gasteiger partial charge on any atom is -0.324 e. The van der Waals surface area contributed by atoms with Crippen LogP contribution in [0.5, 0.6) is 0 Å². The van der Waals surface area contributed by atoms with E-state index in [1.54, 1.807) is 19.1 Å². The summed E-state index contributed by atoms with van der Waals surface area (Å²) < 4.78 is 0. The van der Waals surface area contributed by atoms with Gasteiger partial charge in [0.2, 0.25) is 5.91 Å². The molecule has 1 N–H and O–H groups in total. The van der Waals surface area contributed by atoms with Crippen LogP contribution in [0.4, 0.5) is 11.4 Å². The van der Waals surface area contributed by atoms with Crippen molar-refractivity contribution >= 4 is 57.6 Å². The number of aliphatic imine (C=N–C) groups is 2. The number of amides is 2. The Kier molecular flexibility index (Phi) is 5.66. The Morgan fingerprint density at radius 2 is 1.80 bits per heavy atom. The van der Waals surface area contributed by atoms with Gasteiger partial charge in [0.25, 0.3) is 5.91 Å². The molecule has 2 aromatic carbocycles. The fourth-order valence-corrected chi connectivity index (χ4v) is 4.59. The standard InChI is InChI=1S/C22H21ClN4O2S/c1-12(2)18-21(29)26-19-14-8-4-6-10-16(14)25-22(27(18)19)30-13(3)20(28)24-17-11-7-5-9-15(17)23/h4-13,18H,1-3H3,(H,24,28). The number of nitrogens with one attached hydrogen (secondary N) is 1. The summed E-state index contributed by atoms with van der Waals surface area (Å²) in [5.74, 6) is 0.269. The third kappa shape index (κ3) is 3.75. The van der Waals surface area contributed by atoms with E-state index < -0.39 is 11.3 Å². The van der Waals surface area contributed by atoms with E-state index in [0.717, 1.165) is 11.3 Å². The molecule has 2 unspecified atom stereocenters. The number of para-hydroxylation sites is 2. The third-order valence-electron chi connectivity index (χ3n) is 4.96. The van der Waals surface area contributed by atoms with Crippen molar-refractivity contribution in [2.75, 3.05) is 5.32 Å². The number of fused-ring (bicyclic) bond motifs is 3. The maximum Gasteiger partial charge on any atom is 0.271 e. The fraction of sp³-hybridized carbons (Fsp3) is 0.273. The number of carbonyl (C=O) groups is 2. The van der Waals surface area contributed by atoms with Crippen LogP contribution >= 0.6 is 23.4 Å². The lowest BCUT2D eigenvalue weighted by Gasteiger charge is -2.33. The van der Waals surface area contributed by atoms with E-state index in [2.05, 4.69) is 10.3 Å². The molecule has 0 radical (unpaired) electrons.